The third-order valence-corrected chi connectivity index (χ3v) is 19.2. The molecule has 2 aliphatic rings. The van der Waals surface area contributed by atoms with Crippen LogP contribution in [0.1, 0.15) is 6.92 Å². The van der Waals surface area contributed by atoms with Crippen molar-refractivity contribution in [2.24, 2.45) is 0 Å². The Morgan fingerprint density at radius 2 is 0.472 bits per heavy atom. The van der Waals surface area contributed by atoms with Crippen molar-refractivity contribution in [1.29, 1.82) is 0 Å². The van der Waals surface area contributed by atoms with E-state index in [0.29, 0.717) is 0 Å². The van der Waals surface area contributed by atoms with Crippen molar-refractivity contribution in [3.05, 3.63) is 450 Å². The van der Waals surface area contributed by atoms with Crippen molar-refractivity contribution >= 4 is 10.1 Å². The van der Waals surface area contributed by atoms with E-state index in [4.69, 9.17) is 28.3 Å². The summed E-state index contributed by atoms with van der Waals surface area (Å²) < 4.78 is 57.5. The third kappa shape index (κ3) is 26.0. The zero-order chi connectivity index (χ0) is 86.4. The maximum atomic E-state index is 10.7. The molecule has 12 nitrogen and oxygen atoms in total. The molecule has 18 heteroatoms. The van der Waals surface area contributed by atoms with E-state index in [-0.39, 0.29) is 46.8 Å². The number of alkyl halides is 3. The Morgan fingerprint density at radius 3 is 0.696 bits per heavy atom. The standard InChI is InChI=1S/C29H19N.C29H18N.4C11H8N.C2H6O.CHF3O3S.2CH4O.2Ir/c2*1-2-10-22-21(9-1)23-11-3-4-13-25(23)27-17-16-20(29-15-7-8-18-30-29)19-28(27)26-14-6-5-12-24(22)26;4*1-2-6-10(7-3-1)11-8-4-5-9-12-11;1-2-3;2-1(3,4)8(5,6)7;2*1-2;;/h1-19H;1-15,17-19H;4*1-6,8-9H;3H,2H2,1H3;(H,5,6,7);2*2H,1H3;;/q;5*-1;;;;;;+3. The number of halogens is 3. The van der Waals surface area contributed by atoms with Crippen LogP contribution in [0.4, 0.5) is 13.2 Å². The molecular weight excluding hydrogens is 1940 g/mol. The third-order valence-electron chi connectivity index (χ3n) is 18.6. The van der Waals surface area contributed by atoms with E-state index in [2.05, 4.69) is 242 Å². The maximum absolute atomic E-state index is 10.7. The molecular formula is C107H84F3Ir2N6O6S-2. The van der Waals surface area contributed by atoms with Crippen molar-refractivity contribution in [2.75, 3.05) is 20.8 Å². The van der Waals surface area contributed by atoms with Gasteiger partial charge < -0.3 is 40.2 Å². The minimum absolute atomic E-state index is 0. The average molecular weight is 2020 g/mol. The summed E-state index contributed by atoms with van der Waals surface area (Å²) in [5.41, 5.74) is 26.6. The molecule has 20 rings (SSSR count). The molecule has 0 amide bonds. The summed E-state index contributed by atoms with van der Waals surface area (Å²) in [7, 11) is -3.84. The average Bonchev–Trinajstić information content (AvgIpc) is 0.749. The number of aliphatic hydroxyl groups excluding tert-OH is 3. The Balaban J connectivity index is 0.000000172. The fourth-order valence-electron chi connectivity index (χ4n) is 13.3. The Labute approximate surface area is 755 Å². The Hall–Kier alpha value is -13.6. The molecule has 2 aliphatic carbocycles. The fourth-order valence-corrected chi connectivity index (χ4v) is 13.3. The van der Waals surface area contributed by atoms with Crippen LogP contribution in [0, 0.1) is 30.3 Å². The molecule has 0 saturated carbocycles. The first-order valence-corrected chi connectivity index (χ1v) is 40.4. The molecule has 0 atom stereocenters. The summed E-state index contributed by atoms with van der Waals surface area (Å²) in [6, 6.07) is 146. The van der Waals surface area contributed by atoms with Crippen LogP contribution in [-0.2, 0) is 50.3 Å². The van der Waals surface area contributed by atoms with E-state index in [9.17, 15) is 13.2 Å². The summed E-state index contributed by atoms with van der Waals surface area (Å²) in [6.45, 7) is 1.93. The largest absolute Gasteiger partial charge is 3.00 e. The Kier molecular flexibility index (Phi) is 37.7. The van der Waals surface area contributed by atoms with Crippen LogP contribution in [0.3, 0.4) is 0 Å². The first-order valence-electron chi connectivity index (χ1n) is 39.0. The van der Waals surface area contributed by atoms with Gasteiger partial charge in [-0.15, -0.1) is 167 Å². The molecule has 0 bridgehead atoms. The fraction of sp³-hybridized carbons (Fsp3) is 0.0467. The van der Waals surface area contributed by atoms with Crippen molar-refractivity contribution in [3.63, 3.8) is 0 Å². The first-order chi connectivity index (χ1) is 60.3. The van der Waals surface area contributed by atoms with Gasteiger partial charge in [0.2, 0.25) is 0 Å². The van der Waals surface area contributed by atoms with E-state index in [1.54, 1.807) is 31.7 Å². The van der Waals surface area contributed by atoms with Gasteiger partial charge in [0.1, 0.15) is 0 Å². The number of nitrogens with zero attached hydrogens (tertiary/aromatic N) is 6. The molecule has 4 N–H and O–H groups in total. The summed E-state index contributed by atoms with van der Waals surface area (Å²) in [4.78, 5) is 26.0. The Bertz CT molecular complexity index is 5680. The van der Waals surface area contributed by atoms with Gasteiger partial charge in [0.25, 0.3) is 0 Å². The van der Waals surface area contributed by atoms with Gasteiger partial charge in [-0.25, -0.2) is 0 Å². The molecule has 625 valence electrons. The first kappa shape index (κ1) is 95.3. The van der Waals surface area contributed by atoms with Gasteiger partial charge in [-0.3, -0.25) is 9.54 Å². The van der Waals surface area contributed by atoms with Gasteiger partial charge in [-0.05, 0) is 156 Å². The van der Waals surface area contributed by atoms with E-state index in [1.807, 2.05) is 213 Å². The molecule has 1 radical (unpaired) electrons. The predicted octanol–water partition coefficient (Wildman–Crippen LogP) is 25.1. The smallest absolute Gasteiger partial charge is 0.400 e. The molecule has 6 heterocycles. The zero-order valence-electron chi connectivity index (χ0n) is 68.0. The molecule has 0 fully saturated rings. The molecule has 0 aliphatic heterocycles. The van der Waals surface area contributed by atoms with Crippen LogP contribution in [0.15, 0.2) is 419 Å². The second kappa shape index (κ2) is 49.5. The van der Waals surface area contributed by atoms with Crippen molar-refractivity contribution < 1.29 is 81.7 Å². The second-order valence-electron chi connectivity index (χ2n) is 26.3. The van der Waals surface area contributed by atoms with Crippen molar-refractivity contribution in [2.45, 2.75) is 12.4 Å². The van der Waals surface area contributed by atoms with Crippen LogP contribution < -0.4 is 0 Å². The summed E-state index contributed by atoms with van der Waals surface area (Å²) in [6.07, 6.45) is 10.8. The summed E-state index contributed by atoms with van der Waals surface area (Å²) in [5, 5.41) is 21.6. The molecule has 6 aromatic heterocycles. The van der Waals surface area contributed by atoms with E-state index in [1.165, 1.54) is 89.0 Å². The molecule has 12 aromatic carbocycles. The SMILES string of the molecule is CCO.CO.CO.O=S(=O)(O)C(F)(F)F.[Ir+3].[Ir].[c-]1cc2c(cc1-c1ccccn1)-c1ccccc1-c1ccccc1-c1ccccc1-2.[c-]1ccccc1-c1ccccn1.[c-]1ccccc1-c1ccccn1.[c-]1ccccc1-c1ccccn1.[c-]1ccccc1-c1ccccn1.c1ccc(-c2ccc3c(c2)-c2ccccc2-c2ccccc2-c2ccccc2-3)nc1. The van der Waals surface area contributed by atoms with Crippen LogP contribution in [0.5, 0.6) is 0 Å². The summed E-state index contributed by atoms with van der Waals surface area (Å²) >= 11 is 0. The molecule has 125 heavy (non-hydrogen) atoms. The topological polar surface area (TPSA) is 192 Å². The number of hydrogen-bond acceptors (Lipinski definition) is 11. The van der Waals surface area contributed by atoms with Crippen LogP contribution >= 0.6 is 0 Å². The number of hydrogen-bond donors (Lipinski definition) is 4. The van der Waals surface area contributed by atoms with Crippen LogP contribution in [0.2, 0.25) is 0 Å². The molecule has 0 spiro atoms. The number of benzene rings is 12. The number of rotatable bonds is 6. The van der Waals surface area contributed by atoms with E-state index in [0.717, 1.165) is 81.8 Å². The number of aromatic nitrogens is 6. The molecule has 0 saturated heterocycles. The van der Waals surface area contributed by atoms with Crippen LogP contribution in [0.25, 0.3) is 157 Å². The minimum atomic E-state index is -5.84. The van der Waals surface area contributed by atoms with Gasteiger partial charge in [0, 0.05) is 83.7 Å². The molecule has 18 aromatic rings. The van der Waals surface area contributed by atoms with E-state index >= 15 is 0 Å². The zero-order valence-corrected chi connectivity index (χ0v) is 73.6. The van der Waals surface area contributed by atoms with Crippen molar-refractivity contribution in [1.82, 2.24) is 29.9 Å². The van der Waals surface area contributed by atoms with Crippen LogP contribution in [-0.4, -0.2) is 84.5 Å². The summed E-state index contributed by atoms with van der Waals surface area (Å²) in [5.74, 6) is 0. The van der Waals surface area contributed by atoms with E-state index < -0.39 is 15.6 Å². The van der Waals surface area contributed by atoms with Crippen molar-refractivity contribution in [3.8, 4) is 157 Å². The number of pyridine rings is 6. The van der Waals surface area contributed by atoms with Gasteiger partial charge in [-0.1, -0.05) is 241 Å². The predicted molar refractivity (Wildman–Crippen MR) is 489 cm³/mol. The maximum Gasteiger partial charge on any atom is 3.00 e. The molecule has 0 unspecified atom stereocenters. The Morgan fingerprint density at radius 1 is 0.272 bits per heavy atom. The monoisotopic (exact) mass is 2020 g/mol. The quantitative estimate of drug-likeness (QED) is 0.0701. The second-order valence-corrected chi connectivity index (χ2v) is 27.8. The van der Waals surface area contributed by atoms with Gasteiger partial charge in [-0.2, -0.15) is 21.6 Å². The minimum Gasteiger partial charge on any atom is -0.400 e. The van der Waals surface area contributed by atoms with Gasteiger partial charge in [0.15, 0.2) is 0 Å². The number of fused-ring (bicyclic) bond motifs is 16. The number of aliphatic hydroxyl groups is 3. The normalized spacial score (nSPS) is 10.3. The van der Waals surface area contributed by atoms with Gasteiger partial charge >= 0.3 is 35.7 Å². The van der Waals surface area contributed by atoms with Gasteiger partial charge in [0.05, 0.1) is 5.69 Å².